The minimum absolute atomic E-state index is 0.280. The van der Waals surface area contributed by atoms with E-state index in [0.29, 0.717) is 11.7 Å². The van der Waals surface area contributed by atoms with Gasteiger partial charge in [-0.25, -0.2) is 4.98 Å². The van der Waals surface area contributed by atoms with Crippen molar-refractivity contribution < 1.29 is 14.3 Å². The molecule has 0 aliphatic heterocycles. The summed E-state index contributed by atoms with van der Waals surface area (Å²) >= 11 is 0. The molecule has 1 aliphatic carbocycles. The number of carbonyl (C=O) groups is 1. The van der Waals surface area contributed by atoms with Crippen LogP contribution in [0.1, 0.15) is 36.8 Å². The van der Waals surface area contributed by atoms with Crippen molar-refractivity contribution >= 4 is 5.97 Å². The SMILES string of the molecule is COc1c(OC(C)=O)ncc(C)c1C1CC1. The summed E-state index contributed by atoms with van der Waals surface area (Å²) in [5, 5.41) is 0. The monoisotopic (exact) mass is 221 g/mol. The fourth-order valence-electron chi connectivity index (χ4n) is 1.86. The van der Waals surface area contributed by atoms with Gasteiger partial charge in [-0.1, -0.05) is 0 Å². The molecule has 16 heavy (non-hydrogen) atoms. The van der Waals surface area contributed by atoms with E-state index in [1.165, 1.54) is 19.8 Å². The standard InChI is InChI=1S/C12H15NO3/c1-7-6-13-12(16-8(2)14)11(15-3)10(7)9-4-5-9/h6,9H,4-5H2,1-3H3. The van der Waals surface area contributed by atoms with Gasteiger partial charge in [0.2, 0.25) is 0 Å². The number of pyridine rings is 1. The number of carbonyl (C=O) groups excluding carboxylic acids is 1. The van der Waals surface area contributed by atoms with E-state index in [9.17, 15) is 4.79 Å². The number of ether oxygens (including phenoxy) is 2. The summed E-state index contributed by atoms with van der Waals surface area (Å²) in [6.07, 6.45) is 4.07. The Morgan fingerprint density at radius 3 is 2.69 bits per heavy atom. The van der Waals surface area contributed by atoms with E-state index >= 15 is 0 Å². The van der Waals surface area contributed by atoms with Crippen LogP contribution in [0.5, 0.6) is 11.6 Å². The smallest absolute Gasteiger partial charge is 0.309 e. The maximum atomic E-state index is 10.9. The van der Waals surface area contributed by atoms with Gasteiger partial charge in [-0.2, -0.15) is 0 Å². The molecule has 0 amide bonds. The van der Waals surface area contributed by atoms with Crippen LogP contribution in [0.15, 0.2) is 6.20 Å². The molecule has 1 saturated carbocycles. The molecule has 1 aromatic heterocycles. The van der Waals surface area contributed by atoms with Gasteiger partial charge >= 0.3 is 5.97 Å². The zero-order valence-corrected chi connectivity index (χ0v) is 9.74. The van der Waals surface area contributed by atoms with Gasteiger partial charge in [0.15, 0.2) is 5.75 Å². The lowest BCUT2D eigenvalue weighted by Gasteiger charge is -2.13. The van der Waals surface area contributed by atoms with Gasteiger partial charge in [0.05, 0.1) is 7.11 Å². The number of esters is 1. The highest BCUT2D eigenvalue weighted by Crippen LogP contribution is 2.48. The maximum absolute atomic E-state index is 10.9. The van der Waals surface area contributed by atoms with Crippen LogP contribution < -0.4 is 9.47 Å². The van der Waals surface area contributed by atoms with Crippen LogP contribution >= 0.6 is 0 Å². The second kappa shape index (κ2) is 4.12. The fraction of sp³-hybridized carbons (Fsp3) is 0.500. The van der Waals surface area contributed by atoms with E-state index < -0.39 is 0 Å². The molecule has 1 aliphatic rings. The van der Waals surface area contributed by atoms with E-state index in [1.807, 2.05) is 6.92 Å². The van der Waals surface area contributed by atoms with Crippen LogP contribution in [0.2, 0.25) is 0 Å². The van der Waals surface area contributed by atoms with Crippen molar-refractivity contribution in [2.45, 2.75) is 32.6 Å². The Bertz CT molecular complexity index is 425. The molecule has 86 valence electrons. The van der Waals surface area contributed by atoms with Crippen LogP contribution in [0.4, 0.5) is 0 Å². The third-order valence-corrected chi connectivity index (χ3v) is 2.67. The lowest BCUT2D eigenvalue weighted by molar-refractivity contribution is -0.132. The second-order valence-electron chi connectivity index (χ2n) is 4.06. The zero-order chi connectivity index (χ0) is 11.7. The number of aromatic nitrogens is 1. The summed E-state index contributed by atoms with van der Waals surface area (Å²) < 4.78 is 10.4. The first-order chi connectivity index (χ1) is 7.63. The molecule has 4 heteroatoms. The molecule has 1 aromatic rings. The number of hydrogen-bond acceptors (Lipinski definition) is 4. The summed E-state index contributed by atoms with van der Waals surface area (Å²) in [6, 6.07) is 0. The molecule has 1 fully saturated rings. The highest BCUT2D eigenvalue weighted by molar-refractivity contribution is 5.70. The first-order valence-corrected chi connectivity index (χ1v) is 5.35. The predicted octanol–water partition coefficient (Wildman–Crippen LogP) is 2.20. The Labute approximate surface area is 94.6 Å². The molecule has 0 radical (unpaired) electrons. The van der Waals surface area contributed by atoms with E-state index in [-0.39, 0.29) is 11.8 Å². The molecule has 0 unspecified atom stereocenters. The van der Waals surface area contributed by atoms with E-state index in [0.717, 1.165) is 11.1 Å². The van der Waals surface area contributed by atoms with Gasteiger partial charge < -0.3 is 9.47 Å². The van der Waals surface area contributed by atoms with Crippen molar-refractivity contribution in [2.75, 3.05) is 7.11 Å². The Morgan fingerprint density at radius 2 is 2.19 bits per heavy atom. The van der Waals surface area contributed by atoms with Gasteiger partial charge in [0, 0.05) is 18.7 Å². The van der Waals surface area contributed by atoms with Crippen LogP contribution in [0.25, 0.3) is 0 Å². The first-order valence-electron chi connectivity index (χ1n) is 5.35. The molecule has 4 nitrogen and oxygen atoms in total. The molecule has 1 heterocycles. The summed E-state index contributed by atoms with van der Waals surface area (Å²) in [4.78, 5) is 15.0. The van der Waals surface area contributed by atoms with E-state index in [4.69, 9.17) is 9.47 Å². The first kappa shape index (κ1) is 10.9. The minimum atomic E-state index is -0.378. The average Bonchev–Trinajstić information content (AvgIpc) is 3.03. The van der Waals surface area contributed by atoms with Crippen LogP contribution in [-0.2, 0) is 4.79 Å². The minimum Gasteiger partial charge on any atom is -0.491 e. The highest BCUT2D eigenvalue weighted by Gasteiger charge is 2.30. The van der Waals surface area contributed by atoms with Gasteiger partial charge in [-0.05, 0) is 31.2 Å². The molecule has 0 atom stereocenters. The van der Waals surface area contributed by atoms with Gasteiger partial charge in [0.25, 0.3) is 5.88 Å². The van der Waals surface area contributed by atoms with Crippen molar-refractivity contribution in [1.29, 1.82) is 0 Å². The molecule has 0 N–H and O–H groups in total. The molecule has 0 aromatic carbocycles. The highest BCUT2D eigenvalue weighted by atomic mass is 16.6. The molecular weight excluding hydrogens is 206 g/mol. The Hall–Kier alpha value is -1.58. The van der Waals surface area contributed by atoms with E-state index in [2.05, 4.69) is 4.98 Å². The van der Waals surface area contributed by atoms with Crippen molar-refractivity contribution in [3.8, 4) is 11.6 Å². The predicted molar refractivity (Wildman–Crippen MR) is 58.8 cm³/mol. The van der Waals surface area contributed by atoms with Crippen molar-refractivity contribution in [3.05, 3.63) is 17.3 Å². The summed E-state index contributed by atoms with van der Waals surface area (Å²) in [5.41, 5.74) is 2.23. The molecule has 0 spiro atoms. The summed E-state index contributed by atoms with van der Waals surface area (Å²) in [6.45, 7) is 3.36. The molecular formula is C12H15NO3. The third-order valence-electron chi connectivity index (χ3n) is 2.67. The number of hydrogen-bond donors (Lipinski definition) is 0. The largest absolute Gasteiger partial charge is 0.491 e. The van der Waals surface area contributed by atoms with E-state index in [1.54, 1.807) is 13.3 Å². The average molecular weight is 221 g/mol. The van der Waals surface area contributed by atoms with Crippen LogP contribution in [0, 0.1) is 6.92 Å². The number of nitrogens with zero attached hydrogens (tertiary/aromatic N) is 1. The zero-order valence-electron chi connectivity index (χ0n) is 9.74. The Morgan fingerprint density at radius 1 is 1.50 bits per heavy atom. The normalized spacial score (nSPS) is 14.7. The quantitative estimate of drug-likeness (QED) is 0.734. The lowest BCUT2D eigenvalue weighted by Crippen LogP contribution is -2.07. The van der Waals surface area contributed by atoms with Crippen LogP contribution in [-0.4, -0.2) is 18.1 Å². The van der Waals surface area contributed by atoms with Gasteiger partial charge in [-0.3, -0.25) is 4.79 Å². The van der Waals surface area contributed by atoms with Crippen molar-refractivity contribution in [1.82, 2.24) is 4.98 Å². The van der Waals surface area contributed by atoms with Gasteiger partial charge in [0.1, 0.15) is 0 Å². The fourth-order valence-corrected chi connectivity index (χ4v) is 1.86. The molecule has 2 rings (SSSR count). The summed E-state index contributed by atoms with van der Waals surface area (Å²) in [5.74, 6) is 1.05. The summed E-state index contributed by atoms with van der Waals surface area (Å²) in [7, 11) is 1.58. The Kier molecular flexibility index (Phi) is 2.81. The third kappa shape index (κ3) is 2.01. The number of methoxy groups -OCH3 is 1. The van der Waals surface area contributed by atoms with Crippen molar-refractivity contribution in [2.24, 2.45) is 0 Å². The molecule has 0 bridgehead atoms. The Balaban J connectivity index is 2.45. The maximum Gasteiger partial charge on any atom is 0.309 e. The number of rotatable bonds is 3. The van der Waals surface area contributed by atoms with Crippen LogP contribution in [0.3, 0.4) is 0 Å². The second-order valence-corrected chi connectivity index (χ2v) is 4.06. The van der Waals surface area contributed by atoms with Crippen molar-refractivity contribution in [3.63, 3.8) is 0 Å². The molecule has 0 saturated heterocycles. The number of aryl methyl sites for hydroxylation is 1. The van der Waals surface area contributed by atoms with Gasteiger partial charge in [-0.15, -0.1) is 0 Å². The lowest BCUT2D eigenvalue weighted by atomic mass is 10.1. The topological polar surface area (TPSA) is 48.4 Å².